The Morgan fingerprint density at radius 2 is 2.20 bits per heavy atom. The van der Waals surface area contributed by atoms with Crippen molar-refractivity contribution in [1.29, 1.82) is 0 Å². The van der Waals surface area contributed by atoms with Gasteiger partial charge in [0.1, 0.15) is 12.4 Å². The van der Waals surface area contributed by atoms with Crippen LogP contribution in [0.3, 0.4) is 0 Å². The molecule has 0 bridgehead atoms. The number of hydrogen-bond acceptors (Lipinski definition) is 4. The highest BCUT2D eigenvalue weighted by Crippen LogP contribution is 2.21. The van der Waals surface area contributed by atoms with Crippen LogP contribution in [0.15, 0.2) is 34.9 Å². The normalized spacial score (nSPS) is 14.4. The van der Waals surface area contributed by atoms with Gasteiger partial charge in [0.15, 0.2) is 5.76 Å². The highest BCUT2D eigenvalue weighted by molar-refractivity contribution is 5.33. The van der Waals surface area contributed by atoms with Gasteiger partial charge in [0.05, 0.1) is 5.69 Å². The van der Waals surface area contributed by atoms with Crippen molar-refractivity contribution in [2.45, 2.75) is 45.4 Å². The Morgan fingerprint density at radius 1 is 1.35 bits per heavy atom. The van der Waals surface area contributed by atoms with E-state index in [0.29, 0.717) is 12.6 Å². The Labute approximate surface area is 119 Å². The number of hydrogen-bond donors (Lipinski definition) is 1. The van der Waals surface area contributed by atoms with Crippen molar-refractivity contribution in [3.05, 3.63) is 47.3 Å². The van der Waals surface area contributed by atoms with Crippen LogP contribution in [-0.4, -0.2) is 11.2 Å². The van der Waals surface area contributed by atoms with Crippen molar-refractivity contribution >= 4 is 0 Å². The Balaban J connectivity index is 1.54. The van der Waals surface area contributed by atoms with Gasteiger partial charge < -0.3 is 14.6 Å². The van der Waals surface area contributed by atoms with Crippen LogP contribution in [0.4, 0.5) is 0 Å². The lowest BCUT2D eigenvalue weighted by Gasteiger charge is -2.08. The summed E-state index contributed by atoms with van der Waals surface area (Å²) in [5, 5.41) is 7.47. The lowest BCUT2D eigenvalue weighted by Crippen LogP contribution is -2.15. The number of nitrogens with one attached hydrogen (secondary N) is 1. The summed E-state index contributed by atoms with van der Waals surface area (Å²) < 4.78 is 11.1. The molecule has 1 aromatic carbocycles. The summed E-state index contributed by atoms with van der Waals surface area (Å²) in [5.74, 6) is 1.69. The molecule has 0 radical (unpaired) electrons. The van der Waals surface area contributed by atoms with Crippen LogP contribution in [0.1, 0.15) is 36.8 Å². The predicted molar refractivity (Wildman–Crippen MR) is 76.5 cm³/mol. The van der Waals surface area contributed by atoms with Crippen LogP contribution in [0, 0.1) is 0 Å². The number of benzene rings is 1. The van der Waals surface area contributed by atoms with Gasteiger partial charge in [-0.15, -0.1) is 0 Å². The van der Waals surface area contributed by atoms with E-state index in [0.717, 1.165) is 30.2 Å². The molecule has 4 nitrogen and oxygen atoms in total. The first-order valence-corrected chi connectivity index (χ1v) is 7.23. The van der Waals surface area contributed by atoms with Gasteiger partial charge in [-0.2, -0.15) is 0 Å². The molecule has 1 aliphatic rings. The molecule has 1 heterocycles. The van der Waals surface area contributed by atoms with E-state index >= 15 is 0 Å². The number of para-hydroxylation sites is 1. The largest absolute Gasteiger partial charge is 0.485 e. The van der Waals surface area contributed by atoms with Gasteiger partial charge >= 0.3 is 0 Å². The Hall–Kier alpha value is -1.81. The summed E-state index contributed by atoms with van der Waals surface area (Å²) in [6.07, 6.45) is 3.52. The van der Waals surface area contributed by atoms with Crippen LogP contribution in [0.25, 0.3) is 0 Å². The van der Waals surface area contributed by atoms with Crippen molar-refractivity contribution in [2.75, 3.05) is 0 Å². The molecule has 2 aromatic rings. The molecule has 0 spiro atoms. The monoisotopic (exact) mass is 272 g/mol. The molecule has 0 aliphatic heterocycles. The van der Waals surface area contributed by atoms with Gasteiger partial charge in [-0.25, -0.2) is 0 Å². The van der Waals surface area contributed by atoms with E-state index in [4.69, 9.17) is 9.26 Å². The molecule has 20 heavy (non-hydrogen) atoms. The Morgan fingerprint density at radius 3 is 3.00 bits per heavy atom. The minimum Gasteiger partial charge on any atom is -0.485 e. The molecule has 1 aliphatic carbocycles. The second kappa shape index (κ2) is 6.09. The third-order valence-electron chi connectivity index (χ3n) is 3.48. The molecule has 0 unspecified atom stereocenters. The number of aromatic nitrogens is 1. The molecule has 1 N–H and O–H groups in total. The topological polar surface area (TPSA) is 47.3 Å². The first kappa shape index (κ1) is 13.2. The second-order valence-corrected chi connectivity index (χ2v) is 5.19. The van der Waals surface area contributed by atoms with Crippen LogP contribution >= 0.6 is 0 Å². The average Bonchev–Trinajstić information content (AvgIpc) is 3.21. The lowest BCUT2D eigenvalue weighted by atomic mass is 10.1. The van der Waals surface area contributed by atoms with E-state index in [-0.39, 0.29) is 0 Å². The van der Waals surface area contributed by atoms with Crippen molar-refractivity contribution in [3.63, 3.8) is 0 Å². The smallest absolute Gasteiger partial charge is 0.174 e. The van der Waals surface area contributed by atoms with E-state index in [1.165, 1.54) is 18.4 Å². The molecule has 0 saturated heterocycles. The summed E-state index contributed by atoms with van der Waals surface area (Å²) >= 11 is 0. The molecule has 106 valence electrons. The van der Waals surface area contributed by atoms with Crippen molar-refractivity contribution in [3.8, 4) is 5.75 Å². The van der Waals surface area contributed by atoms with Gasteiger partial charge in [0.2, 0.25) is 0 Å². The van der Waals surface area contributed by atoms with Crippen molar-refractivity contribution in [2.24, 2.45) is 0 Å². The van der Waals surface area contributed by atoms with E-state index in [1.54, 1.807) is 0 Å². The molecule has 0 amide bonds. The number of nitrogens with zero attached hydrogens (tertiary/aromatic N) is 1. The number of rotatable bonds is 7. The molecule has 1 aromatic heterocycles. The van der Waals surface area contributed by atoms with E-state index in [2.05, 4.69) is 23.5 Å². The number of aryl methyl sites for hydroxylation is 1. The summed E-state index contributed by atoms with van der Waals surface area (Å²) in [5.41, 5.74) is 2.15. The first-order chi connectivity index (χ1) is 9.85. The zero-order chi connectivity index (χ0) is 13.8. The highest BCUT2D eigenvalue weighted by atomic mass is 16.5. The zero-order valence-electron chi connectivity index (χ0n) is 11.8. The van der Waals surface area contributed by atoms with Gasteiger partial charge in [-0.3, -0.25) is 0 Å². The van der Waals surface area contributed by atoms with E-state index < -0.39 is 0 Å². The summed E-state index contributed by atoms with van der Waals surface area (Å²) in [6.45, 7) is 3.32. The molecular weight excluding hydrogens is 252 g/mol. The van der Waals surface area contributed by atoms with Crippen LogP contribution < -0.4 is 10.1 Å². The zero-order valence-corrected chi connectivity index (χ0v) is 11.8. The summed E-state index contributed by atoms with van der Waals surface area (Å²) in [4.78, 5) is 0. The summed E-state index contributed by atoms with van der Waals surface area (Å²) in [6, 6.07) is 10.7. The Bertz CT molecular complexity index is 561. The minimum absolute atomic E-state index is 0.424. The SMILES string of the molecule is CCc1ccccc1OCc1cc(CNC2CC2)no1. The van der Waals surface area contributed by atoms with Gasteiger partial charge in [-0.1, -0.05) is 30.3 Å². The second-order valence-electron chi connectivity index (χ2n) is 5.19. The van der Waals surface area contributed by atoms with Gasteiger partial charge in [0.25, 0.3) is 0 Å². The van der Waals surface area contributed by atoms with E-state index in [9.17, 15) is 0 Å². The molecule has 0 atom stereocenters. The predicted octanol–water partition coefficient (Wildman–Crippen LogP) is 3.07. The fraction of sp³-hybridized carbons (Fsp3) is 0.438. The standard InChI is InChI=1S/C16H20N2O2/c1-2-12-5-3-4-6-16(12)19-11-15-9-14(18-20-15)10-17-13-7-8-13/h3-6,9,13,17H,2,7-8,10-11H2,1H3. The molecule has 1 fully saturated rings. The minimum atomic E-state index is 0.424. The maximum atomic E-state index is 5.81. The van der Waals surface area contributed by atoms with Gasteiger partial charge in [-0.05, 0) is 30.9 Å². The Kier molecular flexibility index (Phi) is 4.02. The fourth-order valence-electron chi connectivity index (χ4n) is 2.13. The number of ether oxygens (including phenoxy) is 1. The highest BCUT2D eigenvalue weighted by Gasteiger charge is 2.20. The van der Waals surface area contributed by atoms with Crippen molar-refractivity contribution in [1.82, 2.24) is 10.5 Å². The average molecular weight is 272 g/mol. The van der Waals surface area contributed by atoms with E-state index in [1.807, 2.05) is 24.3 Å². The molecular formula is C16H20N2O2. The first-order valence-electron chi connectivity index (χ1n) is 7.23. The lowest BCUT2D eigenvalue weighted by molar-refractivity contribution is 0.246. The molecule has 4 heteroatoms. The van der Waals surface area contributed by atoms with Crippen LogP contribution in [0.2, 0.25) is 0 Å². The fourth-order valence-corrected chi connectivity index (χ4v) is 2.13. The van der Waals surface area contributed by atoms with Gasteiger partial charge in [0, 0.05) is 18.7 Å². The third kappa shape index (κ3) is 3.39. The third-order valence-corrected chi connectivity index (χ3v) is 3.48. The van der Waals surface area contributed by atoms with Crippen molar-refractivity contribution < 1.29 is 9.26 Å². The maximum Gasteiger partial charge on any atom is 0.174 e. The van der Waals surface area contributed by atoms with Crippen LogP contribution in [-0.2, 0) is 19.6 Å². The molecule has 1 saturated carbocycles. The quantitative estimate of drug-likeness (QED) is 0.841. The summed E-state index contributed by atoms with van der Waals surface area (Å²) in [7, 11) is 0. The van der Waals surface area contributed by atoms with Crippen LogP contribution in [0.5, 0.6) is 5.75 Å². The maximum absolute atomic E-state index is 5.81. The molecule has 3 rings (SSSR count).